The third-order valence-electron chi connectivity index (χ3n) is 2.28. The Balaban J connectivity index is 0.00000144. The van der Waals surface area contributed by atoms with E-state index in [1.165, 1.54) is 0 Å². The highest BCUT2D eigenvalue weighted by atomic mass is 35.5. The van der Waals surface area contributed by atoms with E-state index in [1.54, 1.807) is 11.8 Å². The SMILES string of the molecule is CN1CN=C(SCc2ccccc2Cl)NC1.[Cl-]. The third kappa shape index (κ3) is 4.39. The zero-order valence-electron chi connectivity index (χ0n) is 9.49. The molecule has 0 radical (unpaired) electrons. The summed E-state index contributed by atoms with van der Waals surface area (Å²) >= 11 is 7.78. The molecule has 0 aromatic heterocycles. The van der Waals surface area contributed by atoms with Gasteiger partial charge in [0.25, 0.3) is 0 Å². The summed E-state index contributed by atoms with van der Waals surface area (Å²) in [5, 5.41) is 5.08. The summed E-state index contributed by atoms with van der Waals surface area (Å²) in [5.74, 6) is 0.856. The molecule has 0 unspecified atom stereocenters. The Morgan fingerprint density at radius 1 is 1.47 bits per heavy atom. The second kappa shape index (κ2) is 7.11. The van der Waals surface area contributed by atoms with Gasteiger partial charge in [0, 0.05) is 10.8 Å². The Morgan fingerprint density at radius 2 is 2.24 bits per heavy atom. The van der Waals surface area contributed by atoms with Gasteiger partial charge in [-0.2, -0.15) is 0 Å². The van der Waals surface area contributed by atoms with Crippen molar-refractivity contribution in [2.24, 2.45) is 4.99 Å². The molecule has 6 heteroatoms. The molecule has 0 aliphatic carbocycles. The van der Waals surface area contributed by atoms with E-state index in [9.17, 15) is 0 Å². The number of thioether (sulfide) groups is 1. The highest BCUT2D eigenvalue weighted by Crippen LogP contribution is 2.21. The normalized spacial score (nSPS) is 15.8. The maximum Gasteiger partial charge on any atom is 0.159 e. The lowest BCUT2D eigenvalue weighted by Crippen LogP contribution is -3.00. The van der Waals surface area contributed by atoms with Crippen LogP contribution < -0.4 is 17.7 Å². The Bertz CT molecular complexity index is 398. The number of nitrogens with one attached hydrogen (secondary N) is 1. The first-order chi connectivity index (χ1) is 7.75. The van der Waals surface area contributed by atoms with Gasteiger partial charge in [-0.05, 0) is 18.7 Å². The lowest BCUT2D eigenvalue weighted by molar-refractivity contribution is -0.00000321. The zero-order valence-corrected chi connectivity index (χ0v) is 11.8. The fraction of sp³-hybridized carbons (Fsp3) is 0.364. The monoisotopic (exact) mass is 290 g/mol. The number of hydrogen-bond donors (Lipinski definition) is 1. The minimum atomic E-state index is 0. The fourth-order valence-electron chi connectivity index (χ4n) is 1.35. The number of halogens is 2. The maximum atomic E-state index is 6.08. The largest absolute Gasteiger partial charge is 1.00 e. The van der Waals surface area contributed by atoms with E-state index in [2.05, 4.69) is 15.2 Å². The smallest absolute Gasteiger partial charge is 0.159 e. The second-order valence-electron chi connectivity index (χ2n) is 3.68. The molecule has 3 nitrogen and oxygen atoms in total. The van der Waals surface area contributed by atoms with E-state index in [4.69, 9.17) is 11.6 Å². The van der Waals surface area contributed by atoms with Crippen LogP contribution in [0.5, 0.6) is 0 Å². The molecule has 0 atom stereocenters. The average Bonchev–Trinajstić information content (AvgIpc) is 2.30. The van der Waals surface area contributed by atoms with E-state index >= 15 is 0 Å². The van der Waals surface area contributed by atoms with Gasteiger partial charge < -0.3 is 17.7 Å². The summed E-state index contributed by atoms with van der Waals surface area (Å²) in [6.07, 6.45) is 0. The van der Waals surface area contributed by atoms with Gasteiger partial charge in [-0.3, -0.25) is 4.90 Å². The van der Waals surface area contributed by atoms with Gasteiger partial charge in [0.15, 0.2) is 5.17 Å². The molecule has 0 saturated heterocycles. The first-order valence-corrected chi connectivity index (χ1v) is 6.45. The minimum Gasteiger partial charge on any atom is -1.00 e. The van der Waals surface area contributed by atoms with Crippen LogP contribution in [0.3, 0.4) is 0 Å². The average molecular weight is 291 g/mol. The van der Waals surface area contributed by atoms with Crippen LogP contribution in [0.4, 0.5) is 0 Å². The first-order valence-electron chi connectivity index (χ1n) is 5.09. The number of amidine groups is 1. The molecule has 0 bridgehead atoms. The van der Waals surface area contributed by atoms with Crippen LogP contribution in [-0.4, -0.2) is 30.5 Å². The van der Waals surface area contributed by atoms with Crippen molar-refractivity contribution in [3.8, 4) is 0 Å². The standard InChI is InChI=1S/C11H14ClN3S.ClH/c1-15-7-13-11(14-8-15)16-6-9-4-2-3-5-10(9)12;/h2-5H,6-8H2,1H3,(H,13,14);1H/p-1. The number of nitrogens with zero attached hydrogens (tertiary/aromatic N) is 2. The van der Waals surface area contributed by atoms with Crippen LogP contribution in [0.15, 0.2) is 29.3 Å². The van der Waals surface area contributed by atoms with E-state index in [0.717, 1.165) is 34.8 Å². The summed E-state index contributed by atoms with van der Waals surface area (Å²) in [5.41, 5.74) is 1.15. The molecular weight excluding hydrogens is 277 g/mol. The van der Waals surface area contributed by atoms with Gasteiger partial charge in [-0.1, -0.05) is 41.6 Å². The number of hydrogen-bond acceptors (Lipinski definition) is 4. The highest BCUT2D eigenvalue weighted by molar-refractivity contribution is 8.13. The van der Waals surface area contributed by atoms with Gasteiger partial charge in [0.1, 0.15) is 0 Å². The summed E-state index contributed by atoms with van der Waals surface area (Å²) in [7, 11) is 2.03. The van der Waals surface area contributed by atoms with Crippen molar-refractivity contribution in [1.29, 1.82) is 0 Å². The van der Waals surface area contributed by atoms with Crippen LogP contribution in [0, 0.1) is 0 Å². The van der Waals surface area contributed by atoms with Gasteiger partial charge in [0.05, 0.1) is 13.3 Å². The van der Waals surface area contributed by atoms with E-state index in [1.807, 2.05) is 31.3 Å². The van der Waals surface area contributed by atoms with Gasteiger partial charge in [0.2, 0.25) is 0 Å². The first kappa shape index (κ1) is 14.6. The quantitative estimate of drug-likeness (QED) is 0.787. The minimum absolute atomic E-state index is 0. The summed E-state index contributed by atoms with van der Waals surface area (Å²) in [4.78, 5) is 6.52. The number of rotatable bonds is 2. The van der Waals surface area contributed by atoms with Crippen molar-refractivity contribution in [3.05, 3.63) is 34.9 Å². The Labute approximate surface area is 117 Å². The van der Waals surface area contributed by atoms with Crippen molar-refractivity contribution in [1.82, 2.24) is 10.2 Å². The Morgan fingerprint density at radius 3 is 2.88 bits per heavy atom. The number of benzene rings is 1. The molecule has 1 aromatic carbocycles. The van der Waals surface area contributed by atoms with Gasteiger partial charge >= 0.3 is 0 Å². The van der Waals surface area contributed by atoms with Crippen LogP contribution in [0.25, 0.3) is 0 Å². The van der Waals surface area contributed by atoms with Crippen LogP contribution in [-0.2, 0) is 5.75 Å². The zero-order chi connectivity index (χ0) is 11.4. The van der Waals surface area contributed by atoms with Crippen molar-refractivity contribution >= 4 is 28.5 Å². The predicted molar refractivity (Wildman–Crippen MR) is 70.8 cm³/mol. The topological polar surface area (TPSA) is 27.6 Å². The number of aliphatic imine (C=N–C) groups is 1. The second-order valence-corrected chi connectivity index (χ2v) is 5.05. The highest BCUT2D eigenvalue weighted by Gasteiger charge is 2.09. The molecule has 0 saturated carbocycles. The van der Waals surface area contributed by atoms with E-state index < -0.39 is 0 Å². The lowest BCUT2D eigenvalue weighted by atomic mass is 10.2. The molecule has 1 aliphatic heterocycles. The molecule has 17 heavy (non-hydrogen) atoms. The van der Waals surface area contributed by atoms with Crippen molar-refractivity contribution < 1.29 is 12.4 Å². The van der Waals surface area contributed by atoms with E-state index in [-0.39, 0.29) is 12.4 Å². The summed E-state index contributed by atoms with van der Waals surface area (Å²) in [6, 6.07) is 7.92. The van der Waals surface area contributed by atoms with Gasteiger partial charge in [-0.25, -0.2) is 4.99 Å². The summed E-state index contributed by atoms with van der Waals surface area (Å²) < 4.78 is 0. The van der Waals surface area contributed by atoms with Crippen LogP contribution >= 0.6 is 23.4 Å². The maximum absolute atomic E-state index is 6.08. The molecular formula is C11H14Cl2N3S-. The van der Waals surface area contributed by atoms with Crippen molar-refractivity contribution in [2.45, 2.75) is 5.75 Å². The molecule has 1 N–H and O–H groups in total. The van der Waals surface area contributed by atoms with Gasteiger partial charge in [-0.15, -0.1) is 0 Å². The Hall–Kier alpha value is -0.420. The Kier molecular flexibility index (Phi) is 6.12. The molecule has 0 spiro atoms. The van der Waals surface area contributed by atoms with Crippen LogP contribution in [0.2, 0.25) is 5.02 Å². The summed E-state index contributed by atoms with van der Waals surface area (Å²) in [6.45, 7) is 1.62. The molecule has 0 fully saturated rings. The van der Waals surface area contributed by atoms with E-state index in [0.29, 0.717) is 0 Å². The lowest BCUT2D eigenvalue weighted by Gasteiger charge is -2.22. The molecule has 1 aromatic rings. The molecule has 94 valence electrons. The van der Waals surface area contributed by atoms with Crippen molar-refractivity contribution in [3.63, 3.8) is 0 Å². The molecule has 0 amide bonds. The van der Waals surface area contributed by atoms with Crippen molar-refractivity contribution in [2.75, 3.05) is 20.4 Å². The molecule has 1 heterocycles. The van der Waals surface area contributed by atoms with Crippen LogP contribution in [0.1, 0.15) is 5.56 Å². The molecule has 1 aliphatic rings. The fourth-order valence-corrected chi connectivity index (χ4v) is 2.49. The predicted octanol–water partition coefficient (Wildman–Crippen LogP) is -0.617. The third-order valence-corrected chi connectivity index (χ3v) is 3.65. The molecule has 2 rings (SSSR count).